The highest BCUT2D eigenvalue weighted by atomic mass is 35.5. The van der Waals surface area contributed by atoms with Crippen molar-refractivity contribution in [2.45, 2.75) is 25.8 Å². The number of halogens is 1. The van der Waals surface area contributed by atoms with Crippen molar-refractivity contribution in [2.24, 2.45) is 0 Å². The van der Waals surface area contributed by atoms with Gasteiger partial charge >= 0.3 is 0 Å². The van der Waals surface area contributed by atoms with Crippen molar-refractivity contribution < 1.29 is 4.74 Å². The highest BCUT2D eigenvalue weighted by Gasteiger charge is 2.31. The number of fused-ring (bicyclic) bond motifs is 1. The Morgan fingerprint density at radius 3 is 2.76 bits per heavy atom. The molecule has 21 heavy (non-hydrogen) atoms. The second kappa shape index (κ2) is 5.36. The van der Waals surface area contributed by atoms with E-state index in [0.717, 1.165) is 23.9 Å². The molecule has 0 aliphatic carbocycles. The Bertz CT molecular complexity index is 679. The minimum absolute atomic E-state index is 0.0626. The number of hydrogen-bond acceptors (Lipinski definition) is 2. The van der Waals surface area contributed by atoms with E-state index in [1.54, 1.807) is 0 Å². The van der Waals surface area contributed by atoms with Crippen LogP contribution in [0.3, 0.4) is 0 Å². The molecule has 2 aromatic rings. The first-order valence-electron chi connectivity index (χ1n) is 7.22. The molecule has 1 aliphatic heterocycles. The maximum atomic E-state index is 6.20. The number of nitrogens with one attached hydrogen (secondary N) is 1. The van der Waals surface area contributed by atoms with Gasteiger partial charge in [0.1, 0.15) is 5.75 Å². The fourth-order valence-electron chi connectivity index (χ4n) is 2.85. The van der Waals surface area contributed by atoms with E-state index in [0.29, 0.717) is 0 Å². The summed E-state index contributed by atoms with van der Waals surface area (Å²) in [4.78, 5) is 0. The molecule has 0 bridgehead atoms. The van der Waals surface area contributed by atoms with Gasteiger partial charge in [0.25, 0.3) is 0 Å². The second-order valence-electron chi connectivity index (χ2n) is 6.22. The Hall–Kier alpha value is -1.51. The van der Waals surface area contributed by atoms with Crippen molar-refractivity contribution in [3.8, 4) is 16.9 Å². The molecule has 2 aromatic carbocycles. The molecule has 1 heterocycles. The fraction of sp³-hybridized carbons (Fsp3) is 0.333. The lowest BCUT2D eigenvalue weighted by atomic mass is 9.85. The van der Waals surface area contributed by atoms with Crippen molar-refractivity contribution in [1.29, 1.82) is 0 Å². The molecule has 1 N–H and O–H groups in total. The van der Waals surface area contributed by atoms with Gasteiger partial charge in [0.05, 0.1) is 6.61 Å². The molecule has 0 spiro atoms. The molecular weight excluding hydrogens is 282 g/mol. The van der Waals surface area contributed by atoms with Crippen LogP contribution in [0.15, 0.2) is 36.4 Å². The third-order valence-corrected chi connectivity index (χ3v) is 4.28. The number of ether oxygens (including phenoxy) is 1. The average molecular weight is 302 g/mol. The fourth-order valence-corrected chi connectivity index (χ4v) is 3.02. The van der Waals surface area contributed by atoms with E-state index in [4.69, 9.17) is 16.3 Å². The molecule has 0 fully saturated rings. The molecule has 0 aromatic heterocycles. The minimum Gasteiger partial charge on any atom is -0.492 e. The summed E-state index contributed by atoms with van der Waals surface area (Å²) in [7, 11) is 1.96. The first-order chi connectivity index (χ1) is 10.0. The van der Waals surface area contributed by atoms with Gasteiger partial charge in [0, 0.05) is 22.5 Å². The summed E-state index contributed by atoms with van der Waals surface area (Å²) < 4.78 is 5.77. The third kappa shape index (κ3) is 2.66. The zero-order valence-corrected chi connectivity index (χ0v) is 13.4. The van der Waals surface area contributed by atoms with E-state index < -0.39 is 0 Å². The summed E-state index contributed by atoms with van der Waals surface area (Å²) in [5.74, 6) is 1.00. The summed E-state index contributed by atoms with van der Waals surface area (Å²) >= 11 is 6.20. The third-order valence-electron chi connectivity index (χ3n) is 4.05. The second-order valence-corrected chi connectivity index (χ2v) is 6.65. The van der Waals surface area contributed by atoms with Gasteiger partial charge in [-0.25, -0.2) is 0 Å². The van der Waals surface area contributed by atoms with Crippen LogP contribution >= 0.6 is 11.6 Å². The van der Waals surface area contributed by atoms with E-state index in [1.807, 2.05) is 19.2 Å². The van der Waals surface area contributed by atoms with Crippen molar-refractivity contribution in [3.63, 3.8) is 0 Å². The molecule has 1 aliphatic rings. The van der Waals surface area contributed by atoms with Gasteiger partial charge in [-0.2, -0.15) is 0 Å². The van der Waals surface area contributed by atoms with Crippen LogP contribution in [-0.2, 0) is 12.0 Å². The van der Waals surface area contributed by atoms with Gasteiger partial charge in [-0.1, -0.05) is 37.6 Å². The van der Waals surface area contributed by atoms with Gasteiger partial charge in [-0.05, 0) is 48.0 Å². The van der Waals surface area contributed by atoms with Gasteiger partial charge in [0.15, 0.2) is 0 Å². The normalized spacial score (nSPS) is 15.6. The topological polar surface area (TPSA) is 21.3 Å². The molecule has 0 saturated heterocycles. The number of rotatable bonds is 3. The van der Waals surface area contributed by atoms with E-state index in [2.05, 4.69) is 43.4 Å². The Balaban J connectivity index is 2.12. The molecule has 0 amide bonds. The van der Waals surface area contributed by atoms with E-state index in [9.17, 15) is 0 Å². The lowest BCUT2D eigenvalue weighted by Gasteiger charge is -2.17. The van der Waals surface area contributed by atoms with Crippen molar-refractivity contribution in [2.75, 3.05) is 13.7 Å². The Morgan fingerprint density at radius 1 is 1.19 bits per heavy atom. The van der Waals surface area contributed by atoms with Crippen LogP contribution in [0.5, 0.6) is 5.75 Å². The van der Waals surface area contributed by atoms with E-state index in [1.165, 1.54) is 22.3 Å². The zero-order valence-electron chi connectivity index (χ0n) is 12.7. The molecule has 0 radical (unpaired) electrons. The first kappa shape index (κ1) is 14.4. The van der Waals surface area contributed by atoms with Crippen LogP contribution in [0, 0.1) is 0 Å². The smallest absolute Gasteiger partial charge is 0.123 e. The summed E-state index contributed by atoms with van der Waals surface area (Å²) in [6.45, 7) is 6.00. The lowest BCUT2D eigenvalue weighted by molar-refractivity contribution is 0.291. The standard InChI is InChI=1S/C18H20ClNO/c1-18(2)11-21-17-7-5-12(8-16(17)18)15-9-14(19)6-4-13(15)10-20-3/h4-9,20H,10-11H2,1-3H3. The molecule has 3 heteroatoms. The van der Waals surface area contributed by atoms with Crippen molar-refractivity contribution in [3.05, 3.63) is 52.5 Å². The van der Waals surface area contributed by atoms with Crippen LogP contribution in [0.1, 0.15) is 25.0 Å². The minimum atomic E-state index is 0.0626. The molecule has 3 rings (SSSR count). The largest absolute Gasteiger partial charge is 0.492 e. The van der Waals surface area contributed by atoms with Crippen molar-refractivity contribution in [1.82, 2.24) is 5.32 Å². The van der Waals surface area contributed by atoms with Crippen LogP contribution in [-0.4, -0.2) is 13.7 Å². The molecule has 0 atom stereocenters. The first-order valence-corrected chi connectivity index (χ1v) is 7.60. The molecule has 0 unspecified atom stereocenters. The Labute approximate surface area is 131 Å². The number of benzene rings is 2. The summed E-state index contributed by atoms with van der Waals surface area (Å²) in [5, 5.41) is 3.98. The van der Waals surface area contributed by atoms with Gasteiger partial charge in [0.2, 0.25) is 0 Å². The lowest BCUT2D eigenvalue weighted by Crippen LogP contribution is -2.18. The summed E-state index contributed by atoms with van der Waals surface area (Å²) in [5.41, 5.74) is 4.96. The summed E-state index contributed by atoms with van der Waals surface area (Å²) in [6, 6.07) is 12.5. The van der Waals surface area contributed by atoms with Gasteiger partial charge in [-0.15, -0.1) is 0 Å². The van der Waals surface area contributed by atoms with Crippen LogP contribution in [0.2, 0.25) is 5.02 Å². The van der Waals surface area contributed by atoms with Crippen molar-refractivity contribution >= 4 is 11.6 Å². The number of hydrogen-bond donors (Lipinski definition) is 1. The van der Waals surface area contributed by atoms with Crippen LogP contribution < -0.4 is 10.1 Å². The van der Waals surface area contributed by atoms with Gasteiger partial charge < -0.3 is 10.1 Å². The molecule has 110 valence electrons. The SMILES string of the molecule is CNCc1ccc(Cl)cc1-c1ccc2c(c1)C(C)(C)CO2. The molecule has 2 nitrogen and oxygen atoms in total. The monoisotopic (exact) mass is 301 g/mol. The maximum absolute atomic E-state index is 6.20. The van der Waals surface area contributed by atoms with Crippen LogP contribution in [0.25, 0.3) is 11.1 Å². The van der Waals surface area contributed by atoms with E-state index in [-0.39, 0.29) is 5.41 Å². The van der Waals surface area contributed by atoms with Gasteiger partial charge in [-0.3, -0.25) is 0 Å². The molecular formula is C18H20ClNO. The van der Waals surface area contributed by atoms with Crippen LogP contribution in [0.4, 0.5) is 0 Å². The predicted octanol–water partition coefficient (Wildman–Crippen LogP) is 4.40. The van der Waals surface area contributed by atoms with E-state index >= 15 is 0 Å². The Morgan fingerprint density at radius 2 is 2.00 bits per heavy atom. The Kier molecular flexibility index (Phi) is 3.68. The zero-order chi connectivity index (χ0) is 15.0. The highest BCUT2D eigenvalue weighted by molar-refractivity contribution is 6.30. The summed E-state index contributed by atoms with van der Waals surface area (Å²) in [6.07, 6.45) is 0. The predicted molar refractivity (Wildman–Crippen MR) is 88.2 cm³/mol. The average Bonchev–Trinajstić information content (AvgIpc) is 2.76. The highest BCUT2D eigenvalue weighted by Crippen LogP contribution is 2.41. The molecule has 0 saturated carbocycles. The quantitative estimate of drug-likeness (QED) is 0.907. The maximum Gasteiger partial charge on any atom is 0.123 e.